The Kier molecular flexibility index (Phi) is 4.33. The van der Waals surface area contributed by atoms with Crippen LogP contribution in [0.3, 0.4) is 0 Å². The molecule has 0 aliphatic carbocycles. The Morgan fingerprint density at radius 1 is 1.16 bits per heavy atom. The average molecular weight is 299 g/mol. The van der Waals surface area contributed by atoms with Crippen LogP contribution in [0.15, 0.2) is 36.4 Å². The maximum atomic E-state index is 13.4. The fraction of sp³-hybridized carbons (Fsp3) is 0.200. The fourth-order valence-electron chi connectivity index (χ4n) is 1.94. The molecule has 0 fully saturated rings. The molecule has 0 radical (unpaired) electrons. The lowest BCUT2D eigenvalue weighted by atomic mass is 10.0. The lowest BCUT2D eigenvalue weighted by Gasteiger charge is -2.16. The highest BCUT2D eigenvalue weighted by Crippen LogP contribution is 2.39. The van der Waals surface area contributed by atoms with Gasteiger partial charge in [-0.2, -0.15) is 0 Å². The summed E-state index contributed by atoms with van der Waals surface area (Å²) in [5.74, 6) is 0.184. The largest absolute Gasteiger partial charge is 0.496 e. The van der Waals surface area contributed by atoms with Gasteiger partial charge < -0.3 is 4.74 Å². The molecular weight excluding hydrogens is 286 g/mol. The van der Waals surface area contributed by atoms with E-state index in [0.29, 0.717) is 16.3 Å². The topological polar surface area (TPSA) is 9.23 Å². The van der Waals surface area contributed by atoms with Gasteiger partial charge in [0.05, 0.1) is 12.5 Å². The molecule has 0 amide bonds. The Morgan fingerprint density at radius 2 is 1.89 bits per heavy atom. The first-order chi connectivity index (χ1) is 9.04. The maximum absolute atomic E-state index is 13.4. The fourth-order valence-corrected chi connectivity index (χ4v) is 2.58. The van der Waals surface area contributed by atoms with Crippen LogP contribution in [-0.2, 0) is 0 Å². The van der Waals surface area contributed by atoms with Gasteiger partial charge in [0.2, 0.25) is 0 Å². The third kappa shape index (κ3) is 2.85. The minimum absolute atomic E-state index is 0.356. The first-order valence-electron chi connectivity index (χ1n) is 5.77. The van der Waals surface area contributed by atoms with E-state index in [1.807, 2.05) is 25.1 Å². The summed E-state index contributed by atoms with van der Waals surface area (Å²) in [4.78, 5) is 0. The maximum Gasteiger partial charge on any atom is 0.124 e. The van der Waals surface area contributed by atoms with Crippen LogP contribution in [0.1, 0.15) is 22.1 Å². The van der Waals surface area contributed by atoms with Gasteiger partial charge in [-0.05, 0) is 36.2 Å². The second-order valence-corrected chi connectivity index (χ2v) is 5.04. The Balaban J connectivity index is 2.52. The van der Waals surface area contributed by atoms with Crippen LogP contribution in [-0.4, -0.2) is 7.11 Å². The van der Waals surface area contributed by atoms with E-state index < -0.39 is 5.38 Å². The molecule has 0 heterocycles. The van der Waals surface area contributed by atoms with Crippen LogP contribution in [0.2, 0.25) is 5.02 Å². The molecule has 0 N–H and O–H groups in total. The average Bonchev–Trinajstić information content (AvgIpc) is 2.41. The van der Waals surface area contributed by atoms with Crippen LogP contribution >= 0.6 is 23.2 Å². The first kappa shape index (κ1) is 14.2. The molecule has 0 aromatic heterocycles. The normalized spacial score (nSPS) is 12.3. The van der Waals surface area contributed by atoms with E-state index in [2.05, 4.69) is 0 Å². The van der Waals surface area contributed by atoms with E-state index in [1.54, 1.807) is 6.07 Å². The molecule has 1 unspecified atom stereocenters. The summed E-state index contributed by atoms with van der Waals surface area (Å²) in [6.45, 7) is 1.90. The van der Waals surface area contributed by atoms with Gasteiger partial charge >= 0.3 is 0 Å². The number of alkyl halides is 1. The van der Waals surface area contributed by atoms with Gasteiger partial charge in [0.1, 0.15) is 11.6 Å². The van der Waals surface area contributed by atoms with Gasteiger partial charge in [-0.25, -0.2) is 4.39 Å². The molecule has 2 aromatic rings. The van der Waals surface area contributed by atoms with E-state index in [9.17, 15) is 4.39 Å². The molecule has 0 bridgehead atoms. The lowest BCUT2D eigenvalue weighted by molar-refractivity contribution is 0.409. The minimum atomic E-state index is -0.557. The third-order valence-electron chi connectivity index (χ3n) is 2.96. The Morgan fingerprint density at radius 3 is 2.58 bits per heavy atom. The van der Waals surface area contributed by atoms with Crippen molar-refractivity contribution in [1.82, 2.24) is 0 Å². The quantitative estimate of drug-likeness (QED) is 0.714. The molecule has 0 saturated heterocycles. The van der Waals surface area contributed by atoms with Gasteiger partial charge in [-0.3, -0.25) is 0 Å². The van der Waals surface area contributed by atoms with E-state index in [0.717, 1.165) is 11.1 Å². The molecular formula is C15H13Cl2FO. The van der Waals surface area contributed by atoms with Crippen LogP contribution in [0, 0.1) is 12.7 Å². The van der Waals surface area contributed by atoms with E-state index in [1.165, 1.54) is 19.2 Å². The Hall–Kier alpha value is -1.25. The van der Waals surface area contributed by atoms with Crippen molar-refractivity contribution in [2.75, 3.05) is 7.11 Å². The molecule has 2 rings (SSSR count). The number of rotatable bonds is 3. The number of halogens is 3. The molecule has 0 aliphatic rings. The minimum Gasteiger partial charge on any atom is -0.496 e. The highest BCUT2D eigenvalue weighted by molar-refractivity contribution is 6.33. The molecule has 2 aromatic carbocycles. The predicted molar refractivity (Wildman–Crippen MR) is 76.8 cm³/mol. The molecule has 0 saturated carbocycles. The van der Waals surface area contributed by atoms with E-state index in [4.69, 9.17) is 27.9 Å². The van der Waals surface area contributed by atoms with Gasteiger partial charge in [0.25, 0.3) is 0 Å². The van der Waals surface area contributed by atoms with Crippen molar-refractivity contribution in [1.29, 1.82) is 0 Å². The van der Waals surface area contributed by atoms with Gasteiger partial charge in [-0.1, -0.05) is 29.8 Å². The van der Waals surface area contributed by atoms with Crippen molar-refractivity contribution in [3.05, 3.63) is 63.9 Å². The SMILES string of the molecule is COc1ccc(F)cc1C(Cl)c1cccc(C)c1Cl. The number of aryl methyl sites for hydroxylation is 1. The van der Waals surface area contributed by atoms with Crippen LogP contribution in [0.5, 0.6) is 5.75 Å². The molecule has 1 nitrogen and oxygen atoms in total. The zero-order chi connectivity index (χ0) is 14.0. The Bertz CT molecular complexity index is 599. The van der Waals surface area contributed by atoms with Crippen molar-refractivity contribution in [2.24, 2.45) is 0 Å². The first-order valence-corrected chi connectivity index (χ1v) is 6.58. The standard InChI is InChI=1S/C15H13Cl2FO/c1-9-4-3-5-11(14(9)16)15(17)12-8-10(18)6-7-13(12)19-2/h3-8,15H,1-2H3. The van der Waals surface area contributed by atoms with E-state index in [-0.39, 0.29) is 5.82 Å². The lowest BCUT2D eigenvalue weighted by Crippen LogP contribution is -2.00. The molecule has 0 spiro atoms. The van der Waals surface area contributed by atoms with Crippen LogP contribution in [0.25, 0.3) is 0 Å². The van der Waals surface area contributed by atoms with Crippen molar-refractivity contribution in [2.45, 2.75) is 12.3 Å². The van der Waals surface area contributed by atoms with Crippen LogP contribution in [0.4, 0.5) is 4.39 Å². The molecule has 19 heavy (non-hydrogen) atoms. The summed E-state index contributed by atoms with van der Waals surface area (Å²) in [6, 6.07) is 9.87. The molecule has 4 heteroatoms. The summed E-state index contributed by atoms with van der Waals surface area (Å²) in [6.07, 6.45) is 0. The number of hydrogen-bond acceptors (Lipinski definition) is 1. The van der Waals surface area contributed by atoms with Gasteiger partial charge in [0, 0.05) is 10.6 Å². The highest BCUT2D eigenvalue weighted by Gasteiger charge is 2.19. The smallest absolute Gasteiger partial charge is 0.124 e. The number of methoxy groups -OCH3 is 1. The molecule has 0 aliphatic heterocycles. The summed E-state index contributed by atoms with van der Waals surface area (Å²) in [5, 5.41) is 0.0341. The van der Waals surface area contributed by atoms with Crippen LogP contribution < -0.4 is 4.74 Å². The number of ether oxygens (including phenoxy) is 1. The number of benzene rings is 2. The molecule has 100 valence electrons. The summed E-state index contributed by atoms with van der Waals surface area (Å²) in [7, 11) is 1.53. The van der Waals surface area contributed by atoms with Gasteiger partial charge in [0.15, 0.2) is 0 Å². The third-order valence-corrected chi connectivity index (χ3v) is 3.95. The van der Waals surface area contributed by atoms with E-state index >= 15 is 0 Å². The second kappa shape index (κ2) is 5.81. The highest BCUT2D eigenvalue weighted by atomic mass is 35.5. The number of hydrogen-bond donors (Lipinski definition) is 0. The zero-order valence-corrected chi connectivity index (χ0v) is 12.1. The predicted octanol–water partition coefficient (Wildman–Crippen LogP) is 5.12. The zero-order valence-electron chi connectivity index (χ0n) is 10.6. The summed E-state index contributed by atoms with van der Waals surface area (Å²) in [5.41, 5.74) is 2.24. The van der Waals surface area contributed by atoms with Gasteiger partial charge in [-0.15, -0.1) is 11.6 Å². The van der Waals surface area contributed by atoms with Crippen molar-refractivity contribution in [3.63, 3.8) is 0 Å². The van der Waals surface area contributed by atoms with Crippen molar-refractivity contribution in [3.8, 4) is 5.75 Å². The second-order valence-electron chi connectivity index (χ2n) is 4.23. The summed E-state index contributed by atoms with van der Waals surface area (Å²) < 4.78 is 18.6. The molecule has 1 atom stereocenters. The Labute approximate surface area is 121 Å². The van der Waals surface area contributed by atoms with Crippen molar-refractivity contribution >= 4 is 23.2 Å². The monoisotopic (exact) mass is 298 g/mol. The summed E-state index contributed by atoms with van der Waals surface area (Å²) >= 11 is 12.7. The van der Waals surface area contributed by atoms with Crippen molar-refractivity contribution < 1.29 is 9.13 Å².